The normalized spacial score (nSPS) is 10.5. The Balaban J connectivity index is 2.37. The summed E-state index contributed by atoms with van der Waals surface area (Å²) in [6.07, 6.45) is 0. The highest BCUT2D eigenvalue weighted by atomic mass is 19.3. The molecule has 2 N–H and O–H groups in total. The van der Waals surface area contributed by atoms with E-state index in [9.17, 15) is 23.7 Å². The first kappa shape index (κ1) is 18.9. The second-order valence-electron chi connectivity index (χ2n) is 4.92. The van der Waals surface area contributed by atoms with Gasteiger partial charge in [0.1, 0.15) is 12.4 Å². The minimum atomic E-state index is -3.17. The van der Waals surface area contributed by atoms with Crippen molar-refractivity contribution in [2.45, 2.75) is 13.2 Å². The zero-order chi connectivity index (χ0) is 19.3. The van der Waals surface area contributed by atoms with E-state index < -0.39 is 28.9 Å². The van der Waals surface area contributed by atoms with Gasteiger partial charge in [-0.15, -0.1) is 0 Å². The highest BCUT2D eigenvalue weighted by Gasteiger charge is 2.22. The number of hydrogen-bond donors (Lipinski definition) is 1. The standard InChI is InChI=1S/C16H14F2N2O6/c1-24-13-6-9(11(20(22)23)7-14(13)26-16(17)18)8-25-12-5-3-2-4-10(12)15(19)21/h2-7,16H,8H2,1H3,(H2,19,21). The maximum absolute atomic E-state index is 12.4. The predicted molar refractivity (Wildman–Crippen MR) is 85.6 cm³/mol. The number of rotatable bonds is 8. The van der Waals surface area contributed by atoms with Gasteiger partial charge in [0, 0.05) is 0 Å². The maximum Gasteiger partial charge on any atom is 0.387 e. The van der Waals surface area contributed by atoms with Gasteiger partial charge >= 0.3 is 6.61 Å². The van der Waals surface area contributed by atoms with Crippen molar-refractivity contribution in [2.24, 2.45) is 5.73 Å². The Morgan fingerprint density at radius 2 is 1.92 bits per heavy atom. The molecule has 1 amide bonds. The van der Waals surface area contributed by atoms with E-state index in [-0.39, 0.29) is 29.2 Å². The van der Waals surface area contributed by atoms with Crippen LogP contribution in [0.4, 0.5) is 14.5 Å². The smallest absolute Gasteiger partial charge is 0.387 e. The Morgan fingerprint density at radius 3 is 2.50 bits per heavy atom. The van der Waals surface area contributed by atoms with E-state index in [0.717, 1.165) is 12.1 Å². The van der Waals surface area contributed by atoms with E-state index >= 15 is 0 Å². The Labute approximate surface area is 146 Å². The minimum Gasteiger partial charge on any atom is -0.493 e. The summed E-state index contributed by atoms with van der Waals surface area (Å²) in [5.74, 6) is -1.21. The van der Waals surface area contributed by atoms with Crippen LogP contribution < -0.4 is 19.9 Å². The predicted octanol–water partition coefficient (Wildman–Crippen LogP) is 2.88. The fraction of sp³-hybridized carbons (Fsp3) is 0.188. The molecule has 0 fully saturated rings. The fourth-order valence-electron chi connectivity index (χ4n) is 2.18. The number of amides is 1. The van der Waals surface area contributed by atoms with Crippen LogP contribution in [0.5, 0.6) is 17.2 Å². The first-order valence-corrected chi connectivity index (χ1v) is 7.15. The number of para-hydroxylation sites is 1. The van der Waals surface area contributed by atoms with Crippen LogP contribution in [-0.4, -0.2) is 24.6 Å². The molecule has 0 radical (unpaired) electrons. The van der Waals surface area contributed by atoms with Crippen molar-refractivity contribution in [3.8, 4) is 17.2 Å². The topological polar surface area (TPSA) is 114 Å². The molecule has 0 saturated heterocycles. The molecular weight excluding hydrogens is 354 g/mol. The van der Waals surface area contributed by atoms with Crippen molar-refractivity contribution in [2.75, 3.05) is 7.11 Å². The first-order valence-electron chi connectivity index (χ1n) is 7.15. The van der Waals surface area contributed by atoms with Gasteiger partial charge in [-0.1, -0.05) is 12.1 Å². The number of alkyl halides is 2. The lowest BCUT2D eigenvalue weighted by Crippen LogP contribution is -2.13. The zero-order valence-electron chi connectivity index (χ0n) is 13.5. The molecule has 2 aromatic carbocycles. The number of halogens is 2. The third-order valence-corrected chi connectivity index (χ3v) is 3.31. The second kappa shape index (κ2) is 8.10. The van der Waals surface area contributed by atoms with Crippen molar-refractivity contribution in [3.05, 3.63) is 57.6 Å². The average Bonchev–Trinajstić information content (AvgIpc) is 2.59. The monoisotopic (exact) mass is 368 g/mol. The molecule has 0 unspecified atom stereocenters. The van der Waals surface area contributed by atoms with Crippen LogP contribution in [0.15, 0.2) is 36.4 Å². The Kier molecular flexibility index (Phi) is 5.89. The van der Waals surface area contributed by atoms with Crippen LogP contribution in [0.2, 0.25) is 0 Å². The molecular formula is C16H14F2N2O6. The Bertz CT molecular complexity index is 828. The molecule has 0 aliphatic rings. The highest BCUT2D eigenvalue weighted by molar-refractivity contribution is 5.95. The van der Waals surface area contributed by atoms with E-state index in [1.165, 1.54) is 19.2 Å². The molecule has 0 spiro atoms. The summed E-state index contributed by atoms with van der Waals surface area (Å²) >= 11 is 0. The van der Waals surface area contributed by atoms with Crippen molar-refractivity contribution >= 4 is 11.6 Å². The number of benzene rings is 2. The quantitative estimate of drug-likeness (QED) is 0.566. The number of ether oxygens (including phenoxy) is 3. The summed E-state index contributed by atoms with van der Waals surface area (Å²) < 4.78 is 39.5. The van der Waals surface area contributed by atoms with Crippen LogP contribution in [0.1, 0.15) is 15.9 Å². The summed E-state index contributed by atoms with van der Waals surface area (Å²) in [6.45, 7) is -3.50. The molecule has 2 rings (SSSR count). The second-order valence-corrected chi connectivity index (χ2v) is 4.92. The summed E-state index contributed by atoms with van der Waals surface area (Å²) in [5.41, 5.74) is 4.87. The molecule has 26 heavy (non-hydrogen) atoms. The highest BCUT2D eigenvalue weighted by Crippen LogP contribution is 2.36. The van der Waals surface area contributed by atoms with E-state index in [1.54, 1.807) is 12.1 Å². The van der Waals surface area contributed by atoms with Gasteiger partial charge in [-0.05, 0) is 18.2 Å². The molecule has 0 aliphatic heterocycles. The van der Waals surface area contributed by atoms with Gasteiger partial charge in [-0.3, -0.25) is 14.9 Å². The number of methoxy groups -OCH3 is 1. The molecule has 0 saturated carbocycles. The largest absolute Gasteiger partial charge is 0.493 e. The molecule has 8 nitrogen and oxygen atoms in total. The molecule has 10 heteroatoms. The summed E-state index contributed by atoms with van der Waals surface area (Å²) in [4.78, 5) is 21.9. The van der Waals surface area contributed by atoms with Gasteiger partial charge in [-0.2, -0.15) is 8.78 Å². The van der Waals surface area contributed by atoms with Crippen molar-refractivity contribution in [1.82, 2.24) is 0 Å². The van der Waals surface area contributed by atoms with Crippen LogP contribution in [0.25, 0.3) is 0 Å². The van der Waals surface area contributed by atoms with Gasteiger partial charge in [0.15, 0.2) is 11.5 Å². The summed E-state index contributed by atoms with van der Waals surface area (Å²) in [5, 5.41) is 11.2. The van der Waals surface area contributed by atoms with Crippen LogP contribution in [0, 0.1) is 10.1 Å². The average molecular weight is 368 g/mol. The lowest BCUT2D eigenvalue weighted by Gasteiger charge is -2.13. The lowest BCUT2D eigenvalue weighted by molar-refractivity contribution is -0.385. The zero-order valence-corrected chi connectivity index (χ0v) is 13.5. The molecule has 2 aromatic rings. The molecule has 0 heterocycles. The number of hydrogen-bond acceptors (Lipinski definition) is 6. The number of nitrogens with two attached hydrogens (primary N) is 1. The van der Waals surface area contributed by atoms with Gasteiger partial charge in [0.25, 0.3) is 11.6 Å². The Morgan fingerprint density at radius 1 is 1.23 bits per heavy atom. The number of carbonyl (C=O) groups excluding carboxylic acids is 1. The van der Waals surface area contributed by atoms with Crippen molar-refractivity contribution in [3.63, 3.8) is 0 Å². The number of carbonyl (C=O) groups is 1. The van der Waals surface area contributed by atoms with Gasteiger partial charge in [0.05, 0.1) is 29.2 Å². The fourth-order valence-corrected chi connectivity index (χ4v) is 2.18. The first-order chi connectivity index (χ1) is 12.3. The minimum absolute atomic E-state index is 0.0349. The number of nitro benzene ring substituents is 1. The van der Waals surface area contributed by atoms with Crippen molar-refractivity contribution < 1.29 is 32.7 Å². The number of primary amides is 1. The van der Waals surface area contributed by atoms with Gasteiger partial charge in [-0.25, -0.2) is 0 Å². The van der Waals surface area contributed by atoms with Crippen LogP contribution >= 0.6 is 0 Å². The van der Waals surface area contributed by atoms with Gasteiger partial charge in [0.2, 0.25) is 0 Å². The van der Waals surface area contributed by atoms with Gasteiger partial charge < -0.3 is 19.9 Å². The SMILES string of the molecule is COc1cc(COc2ccccc2C(N)=O)c([N+](=O)[O-])cc1OC(F)F. The van der Waals surface area contributed by atoms with Crippen LogP contribution in [0.3, 0.4) is 0 Å². The number of nitro groups is 1. The maximum atomic E-state index is 12.4. The molecule has 0 bridgehead atoms. The third kappa shape index (κ3) is 4.35. The van der Waals surface area contributed by atoms with E-state index in [4.69, 9.17) is 15.2 Å². The van der Waals surface area contributed by atoms with E-state index in [0.29, 0.717) is 0 Å². The lowest BCUT2D eigenvalue weighted by atomic mass is 10.1. The summed E-state index contributed by atoms with van der Waals surface area (Å²) in [6, 6.07) is 8.06. The van der Waals surface area contributed by atoms with Crippen LogP contribution in [-0.2, 0) is 6.61 Å². The third-order valence-electron chi connectivity index (χ3n) is 3.31. The summed E-state index contributed by atoms with van der Waals surface area (Å²) in [7, 11) is 1.20. The molecule has 0 atom stereocenters. The Hall–Kier alpha value is -3.43. The molecule has 138 valence electrons. The molecule has 0 aliphatic carbocycles. The number of nitrogens with zero attached hydrogens (tertiary/aromatic N) is 1. The molecule has 0 aromatic heterocycles. The van der Waals surface area contributed by atoms with Crippen molar-refractivity contribution in [1.29, 1.82) is 0 Å². The van der Waals surface area contributed by atoms with E-state index in [1.807, 2.05) is 0 Å². The van der Waals surface area contributed by atoms with E-state index in [2.05, 4.69) is 4.74 Å².